The van der Waals surface area contributed by atoms with E-state index < -0.39 is 0 Å². The molecular weight excluding hydrogens is 535 g/mol. The molecule has 0 radical (unpaired) electrons. The minimum Gasteiger partial charge on any atom is -0.105 e. The van der Waals surface area contributed by atoms with Crippen LogP contribution in [0.1, 0.15) is 33.4 Å². The van der Waals surface area contributed by atoms with Crippen LogP contribution in [0.5, 0.6) is 0 Å². The fraction of sp³-hybridized carbons (Fsp3) is 0. The third-order valence-corrected chi connectivity index (χ3v) is 6.86. The number of hydrogen-bond acceptors (Lipinski definition) is 0. The minimum absolute atomic E-state index is 1.21. The summed E-state index contributed by atoms with van der Waals surface area (Å²) in [6.07, 6.45) is 10.6. The molecule has 0 aliphatic rings. The van der Waals surface area contributed by atoms with Gasteiger partial charge in [0.15, 0.2) is 0 Å². The Balaban J connectivity index is 0.000000148. The van der Waals surface area contributed by atoms with Crippen LogP contribution < -0.4 is 0 Å². The molecule has 6 aromatic rings. The molecule has 1 atom stereocenters. The van der Waals surface area contributed by atoms with Crippen molar-refractivity contribution in [3.8, 4) is 0 Å². The molecule has 0 heterocycles. The van der Waals surface area contributed by atoms with Crippen LogP contribution in [-0.4, -0.2) is 0 Å². The van der Waals surface area contributed by atoms with E-state index in [1.165, 1.54) is 38.7 Å². The first-order valence-electron chi connectivity index (χ1n) is 14.4. The second-order valence-electron chi connectivity index (χ2n) is 9.69. The van der Waals surface area contributed by atoms with Crippen molar-refractivity contribution in [3.05, 3.63) is 215 Å². The summed E-state index contributed by atoms with van der Waals surface area (Å²) in [5, 5.41) is 1.21. The highest BCUT2D eigenvalue weighted by Crippen LogP contribution is 2.23. The van der Waals surface area contributed by atoms with Crippen molar-refractivity contribution in [1.29, 1.82) is 0 Å². The molecule has 0 nitrogen and oxygen atoms in total. The second-order valence-corrected chi connectivity index (χ2v) is 10.3. The summed E-state index contributed by atoms with van der Waals surface area (Å²) < 4.78 is 0. The maximum Gasteiger partial charge on any atom is -0.0185 e. The van der Waals surface area contributed by atoms with E-state index in [2.05, 4.69) is 137 Å². The molecule has 6 rings (SSSR count). The van der Waals surface area contributed by atoms with Gasteiger partial charge in [0.05, 0.1) is 0 Å². The first kappa shape index (κ1) is 30.9. The normalized spacial score (nSPS) is 10.9. The van der Waals surface area contributed by atoms with Crippen molar-refractivity contribution in [2.45, 2.75) is 0 Å². The molecule has 43 heavy (non-hydrogen) atoms. The van der Waals surface area contributed by atoms with Gasteiger partial charge in [0, 0.05) is 0 Å². The van der Waals surface area contributed by atoms with Crippen LogP contribution in [-0.2, 0) is 0 Å². The molecule has 0 aromatic heterocycles. The van der Waals surface area contributed by atoms with Gasteiger partial charge in [-0.1, -0.05) is 206 Å². The van der Waals surface area contributed by atoms with E-state index in [-0.39, 0.29) is 0 Å². The topological polar surface area (TPSA) is 0 Å². The highest BCUT2D eigenvalue weighted by atomic mass is 31.0. The van der Waals surface area contributed by atoms with Gasteiger partial charge >= 0.3 is 0 Å². The predicted octanol–water partition coefficient (Wildman–Crippen LogP) is 11.8. The van der Waals surface area contributed by atoms with E-state index in [1.54, 1.807) is 0 Å². The first-order chi connectivity index (χ1) is 21.3. The zero-order chi connectivity index (χ0) is 29.8. The summed E-state index contributed by atoms with van der Waals surface area (Å²) in [5.74, 6) is 0. The average Bonchev–Trinajstić information content (AvgIpc) is 3.10. The number of hydrogen-bond donors (Lipinski definition) is 0. The molecule has 0 aliphatic carbocycles. The van der Waals surface area contributed by atoms with Crippen LogP contribution in [0, 0.1) is 0 Å². The summed E-state index contributed by atoms with van der Waals surface area (Å²) >= 11 is 0. The number of benzene rings is 6. The Hall–Kier alpha value is -5.03. The summed E-state index contributed by atoms with van der Waals surface area (Å²) in [6.45, 7) is 0. The maximum atomic E-state index is 2.78. The van der Waals surface area contributed by atoms with Crippen molar-refractivity contribution >= 4 is 44.9 Å². The molecule has 210 valence electrons. The molecule has 1 unspecified atom stereocenters. The van der Waals surface area contributed by atoms with Gasteiger partial charge in [0.2, 0.25) is 0 Å². The zero-order valence-corrected chi connectivity index (χ0v) is 25.4. The first-order valence-corrected chi connectivity index (χ1v) is 15.0. The monoisotopic (exact) mass is 572 g/mol. The fourth-order valence-electron chi connectivity index (χ4n) is 4.08. The lowest BCUT2D eigenvalue weighted by Gasteiger charge is -2.00. The summed E-state index contributed by atoms with van der Waals surface area (Å²) in [4.78, 5) is 0. The predicted molar refractivity (Wildman–Crippen MR) is 194 cm³/mol. The van der Waals surface area contributed by atoms with Gasteiger partial charge in [-0.3, -0.25) is 0 Å². The van der Waals surface area contributed by atoms with E-state index in [1.807, 2.05) is 84.9 Å². The lowest BCUT2D eigenvalue weighted by molar-refractivity contribution is 1.64. The van der Waals surface area contributed by atoms with E-state index in [0.717, 1.165) is 0 Å². The van der Waals surface area contributed by atoms with Gasteiger partial charge in [-0.2, -0.15) is 0 Å². The largest absolute Gasteiger partial charge is 0.105 e. The zero-order valence-electron chi connectivity index (χ0n) is 24.3. The molecular formula is C42H37P. The molecule has 0 bridgehead atoms. The van der Waals surface area contributed by atoms with Gasteiger partial charge in [-0.15, -0.1) is 9.24 Å². The Morgan fingerprint density at radius 1 is 0.302 bits per heavy atom. The van der Waals surface area contributed by atoms with Crippen LogP contribution in [0.25, 0.3) is 35.7 Å². The van der Waals surface area contributed by atoms with Crippen LogP contribution in [0.15, 0.2) is 182 Å². The van der Waals surface area contributed by atoms with Gasteiger partial charge in [-0.25, -0.2) is 0 Å². The van der Waals surface area contributed by atoms with E-state index >= 15 is 0 Å². The van der Waals surface area contributed by atoms with Crippen LogP contribution in [0.4, 0.5) is 0 Å². The molecule has 0 spiro atoms. The van der Waals surface area contributed by atoms with Gasteiger partial charge in [0.25, 0.3) is 0 Å². The summed E-state index contributed by atoms with van der Waals surface area (Å²) in [7, 11) is 2.78. The quantitative estimate of drug-likeness (QED) is 0.138. The van der Waals surface area contributed by atoms with Gasteiger partial charge in [-0.05, 0) is 44.8 Å². The average molecular weight is 573 g/mol. The highest BCUT2D eigenvalue weighted by molar-refractivity contribution is 7.32. The molecule has 1 heteroatoms. The number of rotatable bonds is 6. The molecule has 0 N–H and O–H groups in total. The Kier molecular flexibility index (Phi) is 13.2. The molecule has 0 aliphatic heterocycles. The molecule has 0 amide bonds. The van der Waals surface area contributed by atoms with Crippen molar-refractivity contribution in [2.24, 2.45) is 0 Å². The Morgan fingerprint density at radius 2 is 0.535 bits per heavy atom. The molecule has 6 aromatic carbocycles. The maximum absolute atomic E-state index is 2.78. The third kappa shape index (κ3) is 12.2. The van der Waals surface area contributed by atoms with Gasteiger partial charge < -0.3 is 0 Å². The Bertz CT molecular complexity index is 1490. The fourth-order valence-corrected chi connectivity index (χ4v) is 4.47. The van der Waals surface area contributed by atoms with Gasteiger partial charge in [0.1, 0.15) is 0 Å². The van der Waals surface area contributed by atoms with Crippen molar-refractivity contribution in [1.82, 2.24) is 0 Å². The lowest BCUT2D eigenvalue weighted by atomic mass is 10.1. The Morgan fingerprint density at radius 3 is 0.814 bits per heavy atom. The summed E-state index contributed by atoms with van der Waals surface area (Å²) in [5.41, 5.74) is 7.40. The molecule has 0 saturated heterocycles. The highest BCUT2D eigenvalue weighted by Gasteiger charge is 1.94. The minimum atomic E-state index is 1.21. The molecule has 0 fully saturated rings. The van der Waals surface area contributed by atoms with Crippen LogP contribution in [0.3, 0.4) is 0 Å². The lowest BCUT2D eigenvalue weighted by Crippen LogP contribution is -1.75. The van der Waals surface area contributed by atoms with Crippen LogP contribution in [0.2, 0.25) is 0 Å². The van der Waals surface area contributed by atoms with E-state index in [0.29, 0.717) is 0 Å². The van der Waals surface area contributed by atoms with Crippen molar-refractivity contribution in [3.63, 3.8) is 0 Å². The SMILES string of the molecule is C(=Cc1ccccc1)c1ccccc1.C(=Cc1ccccc1)c1ccccc1.PC(=Cc1ccccc1)c1ccccc1. The van der Waals surface area contributed by atoms with Crippen LogP contribution >= 0.6 is 9.24 Å². The standard InChI is InChI=1S/C14H13P.2C14H12/c15-14(13-9-5-2-6-10-13)11-12-7-3-1-4-8-12;2*1-3-7-13(8-4-1)11-12-14-9-5-2-6-10-14/h1-11H,15H2;2*1-12H. The van der Waals surface area contributed by atoms with E-state index in [4.69, 9.17) is 0 Å². The summed E-state index contributed by atoms with van der Waals surface area (Å²) in [6, 6.07) is 62.0. The van der Waals surface area contributed by atoms with E-state index in [9.17, 15) is 0 Å². The third-order valence-electron chi connectivity index (χ3n) is 6.36. The molecule has 0 saturated carbocycles. The second kappa shape index (κ2) is 18.4. The smallest absolute Gasteiger partial charge is 0.0185 e. The van der Waals surface area contributed by atoms with Crippen molar-refractivity contribution in [2.75, 3.05) is 0 Å². The Labute approximate surface area is 259 Å². The van der Waals surface area contributed by atoms with Crippen molar-refractivity contribution < 1.29 is 0 Å².